The molecule has 1 rings (SSSR count). The Bertz CT molecular complexity index is 515. The summed E-state index contributed by atoms with van der Waals surface area (Å²) >= 11 is 0. The first-order valence-electron chi connectivity index (χ1n) is 5.75. The number of benzene rings is 1. The zero-order valence-electron chi connectivity index (χ0n) is 10.5. The van der Waals surface area contributed by atoms with Crippen molar-refractivity contribution in [2.24, 2.45) is 0 Å². The van der Waals surface area contributed by atoms with Crippen LogP contribution in [-0.4, -0.2) is 26.5 Å². The molecular weight excluding hydrogens is 260 g/mol. The summed E-state index contributed by atoms with van der Waals surface area (Å²) in [5.74, 6) is -1.08. The Balaban J connectivity index is 2.62. The fourth-order valence-corrected chi connectivity index (χ4v) is 2.78. The third kappa shape index (κ3) is 4.25. The molecule has 0 aliphatic carbocycles. The predicted octanol–water partition coefficient (Wildman–Crippen LogP) is 2.51. The number of anilines is 1. The van der Waals surface area contributed by atoms with Crippen molar-refractivity contribution >= 4 is 15.5 Å². The molecule has 0 bridgehead atoms. The van der Waals surface area contributed by atoms with Gasteiger partial charge >= 0.3 is 0 Å². The van der Waals surface area contributed by atoms with Crippen molar-refractivity contribution in [3.8, 4) is 0 Å². The van der Waals surface area contributed by atoms with Gasteiger partial charge in [0.05, 0.1) is 11.4 Å². The van der Waals surface area contributed by atoms with Gasteiger partial charge in [0.25, 0.3) is 0 Å². The summed E-state index contributed by atoms with van der Waals surface area (Å²) in [5.41, 5.74) is 0.210. The number of halogens is 2. The maximum absolute atomic E-state index is 13.4. The number of hydrogen-bond acceptors (Lipinski definition) is 3. The van der Waals surface area contributed by atoms with Gasteiger partial charge < -0.3 is 5.32 Å². The molecule has 0 radical (unpaired) electrons. The number of nitrogens with one attached hydrogen (secondary N) is 1. The van der Waals surface area contributed by atoms with Crippen molar-refractivity contribution in [1.29, 1.82) is 0 Å². The molecular formula is C12H17F2NO2S. The monoisotopic (exact) mass is 277 g/mol. The van der Waals surface area contributed by atoms with E-state index in [1.165, 1.54) is 6.92 Å². The molecule has 1 N–H and O–H groups in total. The van der Waals surface area contributed by atoms with E-state index in [2.05, 4.69) is 5.32 Å². The minimum absolute atomic E-state index is 0.00945. The lowest BCUT2D eigenvalue weighted by molar-refractivity contribution is 0.592. The Labute approximate surface area is 106 Å². The summed E-state index contributed by atoms with van der Waals surface area (Å²) < 4.78 is 49.5. The average Bonchev–Trinajstić information content (AvgIpc) is 2.25. The van der Waals surface area contributed by atoms with Crippen molar-refractivity contribution in [3.05, 3.63) is 29.3 Å². The lowest BCUT2D eigenvalue weighted by Gasteiger charge is -2.09. The van der Waals surface area contributed by atoms with Gasteiger partial charge in [0.15, 0.2) is 9.84 Å². The van der Waals surface area contributed by atoms with Crippen LogP contribution in [0.1, 0.15) is 18.9 Å². The van der Waals surface area contributed by atoms with Gasteiger partial charge in [-0.3, -0.25) is 0 Å². The Morgan fingerprint density at radius 2 is 1.83 bits per heavy atom. The highest BCUT2D eigenvalue weighted by Crippen LogP contribution is 2.18. The molecule has 3 nitrogen and oxygen atoms in total. The summed E-state index contributed by atoms with van der Waals surface area (Å²) in [6, 6.07) is 2.12. The number of hydrogen-bond donors (Lipinski definition) is 1. The highest BCUT2D eigenvalue weighted by molar-refractivity contribution is 7.91. The SMILES string of the molecule is CCCS(=O)(=O)CCNc1cc(F)c(C)cc1F. The molecule has 1 aromatic rings. The van der Waals surface area contributed by atoms with Crippen molar-refractivity contribution in [2.75, 3.05) is 23.4 Å². The van der Waals surface area contributed by atoms with Crippen LogP contribution in [0.4, 0.5) is 14.5 Å². The van der Waals surface area contributed by atoms with Crippen LogP contribution in [0.15, 0.2) is 12.1 Å². The maximum atomic E-state index is 13.4. The molecule has 0 spiro atoms. The van der Waals surface area contributed by atoms with Crippen molar-refractivity contribution in [1.82, 2.24) is 0 Å². The molecule has 0 heterocycles. The standard InChI is InChI=1S/C12H17F2NO2S/c1-3-5-18(16,17)6-4-15-12-8-10(13)9(2)7-11(12)14/h7-8,15H,3-6H2,1-2H3. The van der Waals surface area contributed by atoms with Crippen molar-refractivity contribution in [3.63, 3.8) is 0 Å². The lowest BCUT2D eigenvalue weighted by Crippen LogP contribution is -2.18. The van der Waals surface area contributed by atoms with Crippen molar-refractivity contribution in [2.45, 2.75) is 20.3 Å². The van der Waals surface area contributed by atoms with Gasteiger partial charge in [0.2, 0.25) is 0 Å². The highest BCUT2D eigenvalue weighted by Gasteiger charge is 2.11. The Hall–Kier alpha value is -1.17. The molecule has 6 heteroatoms. The predicted molar refractivity (Wildman–Crippen MR) is 68.5 cm³/mol. The summed E-state index contributed by atoms with van der Waals surface area (Å²) in [5, 5.41) is 2.60. The number of aryl methyl sites for hydroxylation is 1. The first-order valence-corrected chi connectivity index (χ1v) is 7.58. The van der Waals surface area contributed by atoms with E-state index in [1.807, 2.05) is 0 Å². The quantitative estimate of drug-likeness (QED) is 0.869. The van der Waals surface area contributed by atoms with Gasteiger partial charge in [-0.25, -0.2) is 17.2 Å². The maximum Gasteiger partial charge on any atom is 0.152 e. The van der Waals surface area contributed by atoms with E-state index in [-0.39, 0.29) is 29.3 Å². The van der Waals surface area contributed by atoms with Crippen LogP contribution in [0.25, 0.3) is 0 Å². The Morgan fingerprint density at radius 1 is 1.17 bits per heavy atom. The second-order valence-electron chi connectivity index (χ2n) is 4.16. The fourth-order valence-electron chi connectivity index (χ4n) is 1.54. The van der Waals surface area contributed by atoms with Crippen molar-refractivity contribution < 1.29 is 17.2 Å². The lowest BCUT2D eigenvalue weighted by atomic mass is 10.2. The number of rotatable bonds is 6. The van der Waals surface area contributed by atoms with Crippen LogP contribution in [-0.2, 0) is 9.84 Å². The number of sulfone groups is 1. The van der Waals surface area contributed by atoms with Gasteiger partial charge in [-0.05, 0) is 25.0 Å². The molecule has 0 fully saturated rings. The third-order valence-electron chi connectivity index (χ3n) is 2.49. The summed E-state index contributed by atoms with van der Waals surface area (Å²) in [6.45, 7) is 3.32. The van der Waals surface area contributed by atoms with E-state index in [0.29, 0.717) is 6.42 Å². The molecule has 0 atom stereocenters. The van der Waals surface area contributed by atoms with Crippen LogP contribution >= 0.6 is 0 Å². The summed E-state index contributed by atoms with van der Waals surface area (Å²) in [4.78, 5) is 0. The largest absolute Gasteiger partial charge is 0.382 e. The highest BCUT2D eigenvalue weighted by atomic mass is 32.2. The summed E-state index contributed by atoms with van der Waals surface area (Å²) in [6.07, 6.45) is 0.551. The fraction of sp³-hybridized carbons (Fsp3) is 0.500. The molecule has 1 aromatic carbocycles. The van der Waals surface area contributed by atoms with Crippen LogP contribution in [0.5, 0.6) is 0 Å². The zero-order valence-corrected chi connectivity index (χ0v) is 11.3. The van der Waals surface area contributed by atoms with E-state index >= 15 is 0 Å². The Kier molecular flexibility index (Phi) is 5.07. The third-order valence-corrected chi connectivity index (χ3v) is 4.35. The van der Waals surface area contributed by atoms with Crippen LogP contribution in [0.2, 0.25) is 0 Å². The van der Waals surface area contributed by atoms with E-state index < -0.39 is 21.5 Å². The molecule has 0 aromatic heterocycles. The summed E-state index contributed by atoms with van der Waals surface area (Å²) in [7, 11) is -3.11. The van der Waals surface area contributed by atoms with Crippen LogP contribution in [0, 0.1) is 18.6 Å². The van der Waals surface area contributed by atoms with E-state index in [0.717, 1.165) is 12.1 Å². The Morgan fingerprint density at radius 3 is 2.44 bits per heavy atom. The second kappa shape index (κ2) is 6.13. The first kappa shape index (κ1) is 14.9. The molecule has 0 saturated heterocycles. The van der Waals surface area contributed by atoms with E-state index in [4.69, 9.17) is 0 Å². The van der Waals surface area contributed by atoms with Gasteiger partial charge in [0, 0.05) is 18.4 Å². The molecule has 0 aliphatic heterocycles. The molecule has 0 amide bonds. The van der Waals surface area contributed by atoms with E-state index in [9.17, 15) is 17.2 Å². The average molecular weight is 277 g/mol. The van der Waals surface area contributed by atoms with Crippen LogP contribution in [0.3, 0.4) is 0 Å². The smallest absolute Gasteiger partial charge is 0.152 e. The van der Waals surface area contributed by atoms with Crippen LogP contribution < -0.4 is 5.32 Å². The second-order valence-corrected chi connectivity index (χ2v) is 6.46. The minimum Gasteiger partial charge on any atom is -0.382 e. The molecule has 18 heavy (non-hydrogen) atoms. The van der Waals surface area contributed by atoms with Gasteiger partial charge in [-0.15, -0.1) is 0 Å². The minimum atomic E-state index is -3.11. The zero-order chi connectivity index (χ0) is 13.8. The normalized spacial score (nSPS) is 11.6. The molecule has 0 unspecified atom stereocenters. The van der Waals surface area contributed by atoms with Gasteiger partial charge in [0.1, 0.15) is 11.6 Å². The molecule has 0 saturated carbocycles. The van der Waals surface area contributed by atoms with Gasteiger partial charge in [-0.1, -0.05) is 6.92 Å². The van der Waals surface area contributed by atoms with E-state index in [1.54, 1.807) is 6.92 Å². The molecule has 102 valence electrons. The first-order chi connectivity index (χ1) is 8.35. The topological polar surface area (TPSA) is 46.2 Å². The van der Waals surface area contributed by atoms with Gasteiger partial charge in [-0.2, -0.15) is 0 Å². The molecule has 0 aliphatic rings.